The summed E-state index contributed by atoms with van der Waals surface area (Å²) in [6, 6.07) is 4.10. The van der Waals surface area contributed by atoms with Crippen LogP contribution < -0.4 is 10.9 Å². The van der Waals surface area contributed by atoms with Gasteiger partial charge in [0.05, 0.1) is 22.6 Å². The third kappa shape index (κ3) is 4.44. The van der Waals surface area contributed by atoms with E-state index in [9.17, 15) is 9.59 Å². The van der Waals surface area contributed by atoms with Gasteiger partial charge < -0.3 is 10.2 Å². The molecule has 0 radical (unpaired) electrons. The zero-order valence-electron chi connectivity index (χ0n) is 18.5. The van der Waals surface area contributed by atoms with Gasteiger partial charge in [0.2, 0.25) is 5.91 Å². The van der Waals surface area contributed by atoms with Gasteiger partial charge in [-0.25, -0.2) is 4.98 Å². The summed E-state index contributed by atoms with van der Waals surface area (Å²) >= 11 is 13.9. The number of carbonyl (C=O) groups is 1. The van der Waals surface area contributed by atoms with Gasteiger partial charge in [-0.3, -0.25) is 14.2 Å². The number of aryl methyl sites for hydroxylation is 1. The average molecular weight is 493 g/mol. The Morgan fingerprint density at radius 3 is 2.84 bits per heavy atom. The fraction of sp³-hybridized carbons (Fsp3) is 0.435. The molecule has 2 unspecified atom stereocenters. The van der Waals surface area contributed by atoms with E-state index < -0.39 is 6.04 Å². The minimum absolute atomic E-state index is 0.154. The molecule has 170 valence electrons. The number of thiophene rings is 1. The largest absolute Gasteiger partial charge is 0.323 e. The molecule has 1 aromatic carbocycles. The Morgan fingerprint density at radius 1 is 1.38 bits per heavy atom. The van der Waals surface area contributed by atoms with Crippen LogP contribution in [0.15, 0.2) is 23.0 Å². The van der Waals surface area contributed by atoms with Crippen LogP contribution in [0, 0.1) is 5.92 Å². The molecule has 0 saturated carbocycles. The highest BCUT2D eigenvalue weighted by Gasteiger charge is 2.28. The minimum atomic E-state index is -0.775. The van der Waals surface area contributed by atoms with Gasteiger partial charge in [0.25, 0.3) is 5.56 Å². The number of nitrogens with zero attached hydrogens (tertiary/aromatic N) is 3. The number of benzene rings is 1. The fourth-order valence-electron chi connectivity index (χ4n) is 4.19. The van der Waals surface area contributed by atoms with Crippen LogP contribution in [0.4, 0.5) is 5.69 Å². The molecule has 2 aromatic heterocycles. The molecule has 32 heavy (non-hydrogen) atoms. The van der Waals surface area contributed by atoms with Crippen molar-refractivity contribution in [3.05, 3.63) is 54.9 Å². The van der Waals surface area contributed by atoms with E-state index in [4.69, 9.17) is 28.2 Å². The van der Waals surface area contributed by atoms with Crippen LogP contribution in [0.1, 0.15) is 42.6 Å². The predicted molar refractivity (Wildman–Crippen MR) is 132 cm³/mol. The number of hydrogen-bond donors (Lipinski definition) is 1. The highest BCUT2D eigenvalue weighted by atomic mass is 35.5. The number of amides is 1. The fourth-order valence-corrected chi connectivity index (χ4v) is 5.91. The Bertz CT molecular complexity index is 1250. The number of nitrogens with one attached hydrogen (secondary N) is 1. The lowest BCUT2D eigenvalue weighted by atomic mass is 9.89. The van der Waals surface area contributed by atoms with E-state index in [1.165, 1.54) is 9.44 Å². The highest BCUT2D eigenvalue weighted by molar-refractivity contribution is 7.18. The SMILES string of the molecule is CC1CCc2c(sc3nc(CN(C)C)n(C(C)C(=O)Nc4cc(Cl)ccc4Cl)c(=O)c23)C1. The Morgan fingerprint density at radius 2 is 2.12 bits per heavy atom. The predicted octanol–water partition coefficient (Wildman–Crippen LogP) is 5.15. The molecule has 1 aliphatic rings. The van der Waals surface area contributed by atoms with Crippen molar-refractivity contribution < 1.29 is 4.79 Å². The van der Waals surface area contributed by atoms with E-state index in [2.05, 4.69) is 12.2 Å². The summed E-state index contributed by atoms with van der Waals surface area (Å²) in [5, 5.41) is 4.32. The molecule has 1 N–H and O–H groups in total. The van der Waals surface area contributed by atoms with Crippen LogP contribution in [0.2, 0.25) is 10.0 Å². The Kier molecular flexibility index (Phi) is 6.63. The first-order valence-corrected chi connectivity index (χ1v) is 12.2. The van der Waals surface area contributed by atoms with Gasteiger partial charge in [0, 0.05) is 9.90 Å². The van der Waals surface area contributed by atoms with Crippen molar-refractivity contribution in [1.82, 2.24) is 14.5 Å². The van der Waals surface area contributed by atoms with E-state index in [0.717, 1.165) is 29.7 Å². The second-order valence-electron chi connectivity index (χ2n) is 8.76. The van der Waals surface area contributed by atoms with Gasteiger partial charge in [-0.05, 0) is 70.0 Å². The molecule has 0 spiro atoms. The first-order chi connectivity index (χ1) is 15.2. The summed E-state index contributed by atoms with van der Waals surface area (Å²) in [6.07, 6.45) is 2.91. The molecule has 4 rings (SSSR count). The molecule has 0 saturated heterocycles. The maximum atomic E-state index is 13.7. The number of hydrogen-bond acceptors (Lipinski definition) is 5. The summed E-state index contributed by atoms with van der Waals surface area (Å²) in [4.78, 5) is 35.7. The number of halogens is 2. The molecule has 3 aromatic rings. The van der Waals surface area contributed by atoms with Crippen molar-refractivity contribution in [1.29, 1.82) is 0 Å². The molecule has 6 nitrogen and oxygen atoms in total. The lowest BCUT2D eigenvalue weighted by Gasteiger charge is -2.21. The smallest absolute Gasteiger partial charge is 0.263 e. The van der Waals surface area contributed by atoms with Crippen molar-refractivity contribution >= 4 is 56.3 Å². The van der Waals surface area contributed by atoms with Crippen LogP contribution in [0.25, 0.3) is 10.2 Å². The van der Waals surface area contributed by atoms with E-state index in [0.29, 0.717) is 39.4 Å². The molecular weight excluding hydrogens is 467 g/mol. The summed E-state index contributed by atoms with van der Waals surface area (Å²) in [6.45, 7) is 4.40. The van der Waals surface area contributed by atoms with Crippen LogP contribution in [-0.4, -0.2) is 34.5 Å². The standard InChI is InChI=1S/C23H26Cl2N4O2S/c1-12-5-7-15-18(9-12)32-22-20(15)23(31)29(19(27-22)11-28(3)4)13(2)21(30)26-17-10-14(24)6-8-16(17)25/h6,8,10,12-13H,5,7,9,11H2,1-4H3,(H,26,30). The molecule has 0 aliphatic heterocycles. The summed E-state index contributed by atoms with van der Waals surface area (Å²) in [5.74, 6) is 0.820. The van der Waals surface area contributed by atoms with Crippen LogP contribution in [0.3, 0.4) is 0 Å². The number of fused-ring (bicyclic) bond motifs is 3. The van der Waals surface area contributed by atoms with Gasteiger partial charge >= 0.3 is 0 Å². The molecule has 0 fully saturated rings. The van der Waals surface area contributed by atoms with Gasteiger partial charge in [-0.2, -0.15) is 0 Å². The number of rotatable bonds is 5. The first-order valence-electron chi connectivity index (χ1n) is 10.6. The van der Waals surface area contributed by atoms with Crippen LogP contribution >= 0.6 is 34.5 Å². The second-order valence-corrected chi connectivity index (χ2v) is 10.7. The van der Waals surface area contributed by atoms with Crippen LogP contribution in [0.5, 0.6) is 0 Å². The van der Waals surface area contributed by atoms with E-state index in [1.54, 1.807) is 36.5 Å². The topological polar surface area (TPSA) is 67.2 Å². The first kappa shape index (κ1) is 23.2. The zero-order valence-corrected chi connectivity index (χ0v) is 20.9. The molecule has 2 heterocycles. The van der Waals surface area contributed by atoms with Crippen molar-refractivity contribution in [3.63, 3.8) is 0 Å². The van der Waals surface area contributed by atoms with Crippen molar-refractivity contribution in [2.45, 2.75) is 45.7 Å². The van der Waals surface area contributed by atoms with Crippen molar-refractivity contribution in [2.24, 2.45) is 5.92 Å². The summed E-state index contributed by atoms with van der Waals surface area (Å²) < 4.78 is 1.53. The molecule has 0 bridgehead atoms. The highest BCUT2D eigenvalue weighted by Crippen LogP contribution is 2.36. The van der Waals surface area contributed by atoms with E-state index >= 15 is 0 Å². The number of carbonyl (C=O) groups excluding carboxylic acids is 1. The van der Waals surface area contributed by atoms with Gasteiger partial charge in [0.15, 0.2) is 0 Å². The number of aromatic nitrogens is 2. The third-order valence-corrected chi connectivity index (χ3v) is 7.56. The van der Waals surface area contributed by atoms with E-state index in [1.807, 2.05) is 19.0 Å². The average Bonchev–Trinajstić information content (AvgIpc) is 3.07. The maximum Gasteiger partial charge on any atom is 0.263 e. The minimum Gasteiger partial charge on any atom is -0.323 e. The van der Waals surface area contributed by atoms with Gasteiger partial charge in [0.1, 0.15) is 16.7 Å². The maximum absolute atomic E-state index is 13.7. The Balaban J connectivity index is 1.80. The lowest BCUT2D eigenvalue weighted by molar-refractivity contribution is -0.119. The van der Waals surface area contributed by atoms with Crippen molar-refractivity contribution in [2.75, 3.05) is 19.4 Å². The third-order valence-electron chi connectivity index (χ3n) is 5.85. The summed E-state index contributed by atoms with van der Waals surface area (Å²) in [5.41, 5.74) is 1.36. The quantitative estimate of drug-likeness (QED) is 0.534. The zero-order chi connectivity index (χ0) is 23.2. The lowest BCUT2D eigenvalue weighted by Crippen LogP contribution is -2.36. The number of anilines is 1. The molecule has 9 heteroatoms. The van der Waals surface area contributed by atoms with Gasteiger partial charge in [-0.1, -0.05) is 30.1 Å². The molecule has 2 atom stereocenters. The van der Waals surface area contributed by atoms with Gasteiger partial charge in [-0.15, -0.1) is 11.3 Å². The normalized spacial score (nSPS) is 16.9. The molecule has 1 amide bonds. The van der Waals surface area contributed by atoms with E-state index in [-0.39, 0.29) is 11.5 Å². The van der Waals surface area contributed by atoms with Crippen molar-refractivity contribution in [3.8, 4) is 0 Å². The monoisotopic (exact) mass is 492 g/mol. The Hall–Kier alpha value is -1.93. The summed E-state index contributed by atoms with van der Waals surface area (Å²) in [7, 11) is 3.83. The second kappa shape index (κ2) is 9.14. The molecular formula is C23H26Cl2N4O2S. The molecule has 1 aliphatic carbocycles. The van der Waals surface area contributed by atoms with Crippen LogP contribution in [-0.2, 0) is 24.2 Å². The Labute approximate surface area is 201 Å².